The molecule has 1 aromatic heterocycles. The third kappa shape index (κ3) is 4.92. The normalized spacial score (nSPS) is 20.7. The summed E-state index contributed by atoms with van der Waals surface area (Å²) in [6, 6.07) is 3.25. The van der Waals surface area contributed by atoms with Gasteiger partial charge in [-0.2, -0.15) is 0 Å². The van der Waals surface area contributed by atoms with Gasteiger partial charge in [-0.1, -0.05) is 24.9 Å². The number of likely N-dealkylation sites (tertiary alicyclic amines) is 1. The summed E-state index contributed by atoms with van der Waals surface area (Å²) < 4.78 is 0. The van der Waals surface area contributed by atoms with Gasteiger partial charge in [0.25, 0.3) is 5.91 Å². The van der Waals surface area contributed by atoms with Crippen molar-refractivity contribution in [2.45, 2.75) is 26.2 Å². The van der Waals surface area contributed by atoms with Crippen LogP contribution in [0.25, 0.3) is 0 Å². The quantitative estimate of drug-likeness (QED) is 0.763. The van der Waals surface area contributed by atoms with Crippen molar-refractivity contribution in [2.75, 3.05) is 26.2 Å². The smallest absolute Gasteiger partial charge is 0.254 e. The second kappa shape index (κ2) is 8.99. The van der Waals surface area contributed by atoms with Gasteiger partial charge in [-0.25, -0.2) is 4.98 Å². The first kappa shape index (κ1) is 18.7. The molecule has 7 heteroatoms. The van der Waals surface area contributed by atoms with Crippen LogP contribution in [0.2, 0.25) is 5.15 Å². The van der Waals surface area contributed by atoms with Crippen molar-refractivity contribution in [2.24, 2.45) is 11.8 Å². The lowest BCUT2D eigenvalue weighted by Crippen LogP contribution is -2.45. The maximum atomic E-state index is 12.6. The molecule has 1 aromatic rings. The lowest BCUT2D eigenvalue weighted by molar-refractivity contribution is -0.123. The number of hydrogen-bond donors (Lipinski definition) is 2. The first-order chi connectivity index (χ1) is 11.5. The Kier molecular flexibility index (Phi) is 6.99. The average Bonchev–Trinajstić information content (AvgIpc) is 2.59. The highest BCUT2D eigenvalue weighted by Crippen LogP contribution is 2.29. The molecule has 6 nitrogen and oxygen atoms in total. The summed E-state index contributed by atoms with van der Waals surface area (Å²) in [6.07, 6.45) is 3.70. The van der Waals surface area contributed by atoms with Gasteiger partial charge < -0.3 is 15.3 Å². The number of hydrogen-bond acceptors (Lipinski definition) is 4. The van der Waals surface area contributed by atoms with Gasteiger partial charge in [-0.3, -0.25) is 9.59 Å². The van der Waals surface area contributed by atoms with Crippen molar-refractivity contribution >= 4 is 23.4 Å². The van der Waals surface area contributed by atoms with Crippen LogP contribution < -0.4 is 5.32 Å². The highest BCUT2D eigenvalue weighted by molar-refractivity contribution is 6.29. The van der Waals surface area contributed by atoms with E-state index < -0.39 is 0 Å². The zero-order valence-electron chi connectivity index (χ0n) is 13.9. The first-order valence-electron chi connectivity index (χ1n) is 8.33. The number of pyridine rings is 1. The lowest BCUT2D eigenvalue weighted by atomic mass is 9.81. The van der Waals surface area contributed by atoms with Crippen LogP contribution in [0.4, 0.5) is 0 Å². The molecule has 0 spiro atoms. The highest BCUT2D eigenvalue weighted by atomic mass is 35.5. The number of aliphatic hydroxyl groups excluding tert-OH is 1. The number of nitrogens with one attached hydrogen (secondary N) is 1. The molecule has 2 atom stereocenters. The number of amides is 2. The van der Waals surface area contributed by atoms with E-state index in [-0.39, 0.29) is 30.9 Å². The van der Waals surface area contributed by atoms with Crippen LogP contribution >= 0.6 is 11.6 Å². The molecule has 1 aliphatic heterocycles. The van der Waals surface area contributed by atoms with Crippen molar-refractivity contribution in [3.8, 4) is 0 Å². The third-order valence-electron chi connectivity index (χ3n) is 4.56. The number of piperidine rings is 1. The highest BCUT2D eigenvalue weighted by Gasteiger charge is 2.32. The summed E-state index contributed by atoms with van der Waals surface area (Å²) in [7, 11) is 0. The molecule has 132 valence electrons. The standard InChI is InChI=1S/C17H24ClN3O3/c1-2-12-11-21(17(24)14-3-5-19-15(18)9-14)7-4-13(12)10-16(23)20-6-8-22/h3,5,9,12-13,22H,2,4,6-8,10-11H2,1H3,(H,20,23). The Labute approximate surface area is 147 Å². The largest absolute Gasteiger partial charge is 0.395 e. The maximum Gasteiger partial charge on any atom is 0.254 e. The molecule has 0 aromatic carbocycles. The minimum Gasteiger partial charge on any atom is -0.395 e. The minimum atomic E-state index is -0.0512. The Morgan fingerprint density at radius 3 is 2.92 bits per heavy atom. The Bertz CT molecular complexity index is 582. The van der Waals surface area contributed by atoms with E-state index in [9.17, 15) is 9.59 Å². The molecule has 1 aliphatic rings. The van der Waals surface area contributed by atoms with E-state index >= 15 is 0 Å². The van der Waals surface area contributed by atoms with E-state index in [4.69, 9.17) is 16.7 Å². The van der Waals surface area contributed by atoms with Gasteiger partial charge in [0, 0.05) is 37.8 Å². The van der Waals surface area contributed by atoms with E-state index in [2.05, 4.69) is 17.2 Å². The Balaban J connectivity index is 1.96. The van der Waals surface area contributed by atoms with E-state index in [1.807, 2.05) is 4.90 Å². The number of aromatic nitrogens is 1. The van der Waals surface area contributed by atoms with Crippen LogP contribution in [-0.2, 0) is 4.79 Å². The number of nitrogens with zero attached hydrogens (tertiary/aromatic N) is 2. The van der Waals surface area contributed by atoms with Crippen molar-refractivity contribution in [1.29, 1.82) is 0 Å². The molecule has 0 radical (unpaired) electrons. The van der Waals surface area contributed by atoms with Crippen molar-refractivity contribution in [3.05, 3.63) is 29.0 Å². The fourth-order valence-electron chi connectivity index (χ4n) is 3.22. The van der Waals surface area contributed by atoms with Crippen LogP contribution in [-0.4, -0.2) is 53.0 Å². The molecule has 0 saturated carbocycles. The Morgan fingerprint density at radius 2 is 2.25 bits per heavy atom. The third-order valence-corrected chi connectivity index (χ3v) is 4.76. The molecule has 1 fully saturated rings. The van der Waals surface area contributed by atoms with E-state index in [0.717, 1.165) is 12.8 Å². The summed E-state index contributed by atoms with van der Waals surface area (Å²) in [5.41, 5.74) is 0.545. The second-order valence-corrected chi connectivity index (χ2v) is 6.50. The van der Waals surface area contributed by atoms with Crippen LogP contribution in [0.1, 0.15) is 36.5 Å². The Hall–Kier alpha value is -1.66. The van der Waals surface area contributed by atoms with Crippen LogP contribution in [0, 0.1) is 11.8 Å². The van der Waals surface area contributed by atoms with Crippen molar-refractivity contribution in [3.63, 3.8) is 0 Å². The number of carbonyl (C=O) groups excluding carboxylic acids is 2. The molecule has 2 rings (SSSR count). The molecule has 2 heterocycles. The summed E-state index contributed by atoms with van der Waals surface area (Å²) in [5, 5.41) is 11.8. The summed E-state index contributed by atoms with van der Waals surface area (Å²) in [6.45, 7) is 3.60. The van der Waals surface area contributed by atoms with Gasteiger partial charge in [0.15, 0.2) is 0 Å². The van der Waals surface area contributed by atoms with Crippen LogP contribution in [0.15, 0.2) is 18.3 Å². The molecule has 2 amide bonds. The van der Waals surface area contributed by atoms with Gasteiger partial charge in [0.05, 0.1) is 6.61 Å². The Morgan fingerprint density at radius 1 is 1.46 bits per heavy atom. The topological polar surface area (TPSA) is 82.5 Å². The first-order valence-corrected chi connectivity index (χ1v) is 8.71. The van der Waals surface area contributed by atoms with Gasteiger partial charge in [0.1, 0.15) is 5.15 Å². The summed E-state index contributed by atoms with van der Waals surface area (Å²) in [4.78, 5) is 30.2. The van der Waals surface area contributed by atoms with Crippen molar-refractivity contribution < 1.29 is 14.7 Å². The number of aliphatic hydroxyl groups is 1. The molecule has 1 saturated heterocycles. The molecule has 0 aliphatic carbocycles. The number of rotatable bonds is 6. The zero-order valence-corrected chi connectivity index (χ0v) is 14.6. The lowest BCUT2D eigenvalue weighted by Gasteiger charge is -2.38. The molecule has 0 bridgehead atoms. The molecule has 24 heavy (non-hydrogen) atoms. The summed E-state index contributed by atoms with van der Waals surface area (Å²) in [5.74, 6) is 0.479. The van der Waals surface area contributed by atoms with Gasteiger partial charge in [0.2, 0.25) is 5.91 Å². The van der Waals surface area contributed by atoms with E-state index in [1.165, 1.54) is 6.20 Å². The maximum absolute atomic E-state index is 12.6. The number of halogens is 1. The second-order valence-electron chi connectivity index (χ2n) is 6.11. The molecular weight excluding hydrogens is 330 g/mol. The van der Waals surface area contributed by atoms with Crippen LogP contribution in [0.5, 0.6) is 0 Å². The molecule has 2 N–H and O–H groups in total. The fraction of sp³-hybridized carbons (Fsp3) is 0.588. The molecular formula is C17H24ClN3O3. The summed E-state index contributed by atoms with van der Waals surface area (Å²) >= 11 is 5.86. The van der Waals surface area contributed by atoms with Gasteiger partial charge in [-0.15, -0.1) is 0 Å². The fourth-order valence-corrected chi connectivity index (χ4v) is 3.39. The van der Waals surface area contributed by atoms with E-state index in [0.29, 0.717) is 36.1 Å². The van der Waals surface area contributed by atoms with Gasteiger partial charge in [-0.05, 0) is 30.4 Å². The van der Waals surface area contributed by atoms with E-state index in [1.54, 1.807) is 12.1 Å². The minimum absolute atomic E-state index is 0.0341. The van der Waals surface area contributed by atoms with Crippen molar-refractivity contribution in [1.82, 2.24) is 15.2 Å². The SMILES string of the molecule is CCC1CN(C(=O)c2ccnc(Cl)c2)CCC1CC(=O)NCCO. The predicted molar refractivity (Wildman–Crippen MR) is 91.8 cm³/mol. The zero-order chi connectivity index (χ0) is 17.5. The molecule has 2 unspecified atom stereocenters. The van der Waals surface area contributed by atoms with Gasteiger partial charge >= 0.3 is 0 Å². The van der Waals surface area contributed by atoms with Crippen LogP contribution in [0.3, 0.4) is 0 Å². The monoisotopic (exact) mass is 353 g/mol. The average molecular weight is 354 g/mol. The number of carbonyl (C=O) groups is 2. The predicted octanol–water partition coefficient (Wildman–Crippen LogP) is 1.72.